The predicted molar refractivity (Wildman–Crippen MR) is 65.1 cm³/mol. The van der Waals surface area contributed by atoms with Crippen LogP contribution in [0.15, 0.2) is 23.1 Å². The second kappa shape index (κ2) is 3.47. The van der Waals surface area contributed by atoms with Crippen LogP contribution < -0.4 is 5.32 Å². The predicted octanol–water partition coefficient (Wildman–Crippen LogP) is 1.43. The fourth-order valence-corrected chi connectivity index (χ4v) is 5.10. The van der Waals surface area contributed by atoms with Crippen molar-refractivity contribution in [3.8, 4) is 5.75 Å². The molecule has 1 amide bonds. The van der Waals surface area contributed by atoms with Crippen LogP contribution in [0.2, 0.25) is 0 Å². The Balaban J connectivity index is 2.30. The van der Waals surface area contributed by atoms with Gasteiger partial charge in [0.2, 0.25) is 5.91 Å². The second-order valence-corrected chi connectivity index (χ2v) is 7.04. The molecule has 0 radical (unpaired) electrons. The molecule has 1 aromatic carbocycles. The van der Waals surface area contributed by atoms with Crippen LogP contribution in [-0.4, -0.2) is 24.2 Å². The van der Waals surface area contributed by atoms with Gasteiger partial charge in [-0.1, -0.05) is 18.9 Å². The van der Waals surface area contributed by atoms with Gasteiger partial charge in [-0.2, -0.15) is 0 Å². The minimum Gasteiger partial charge on any atom is -0.506 e. The van der Waals surface area contributed by atoms with Crippen LogP contribution in [0.5, 0.6) is 5.75 Å². The fraction of sp³-hybridized carbons (Fsp3) is 0.417. The maximum atomic E-state index is 12.6. The number of amides is 1. The standard InChI is InChI=1S/C12H13NO4S/c14-8-4-3-5-9-10(8)13-11(15)12(18(9,16)17)6-1-2-7-12/h3-5,14H,1-2,6-7H2,(H,13,15). The highest BCUT2D eigenvalue weighted by atomic mass is 32.2. The number of para-hydroxylation sites is 1. The first-order valence-corrected chi connectivity index (χ1v) is 7.35. The van der Waals surface area contributed by atoms with Crippen molar-refractivity contribution >= 4 is 21.4 Å². The van der Waals surface area contributed by atoms with E-state index in [1.807, 2.05) is 0 Å². The summed E-state index contributed by atoms with van der Waals surface area (Å²) >= 11 is 0. The van der Waals surface area contributed by atoms with Crippen molar-refractivity contribution in [2.24, 2.45) is 0 Å². The number of sulfone groups is 1. The first-order chi connectivity index (χ1) is 8.49. The molecule has 0 saturated heterocycles. The van der Waals surface area contributed by atoms with Crippen molar-refractivity contribution in [3.63, 3.8) is 0 Å². The fourth-order valence-electron chi connectivity index (χ4n) is 2.87. The lowest BCUT2D eigenvalue weighted by Gasteiger charge is -2.33. The van der Waals surface area contributed by atoms with Crippen molar-refractivity contribution in [2.75, 3.05) is 5.32 Å². The van der Waals surface area contributed by atoms with E-state index in [4.69, 9.17) is 0 Å². The third-order valence-corrected chi connectivity index (χ3v) is 6.41. The minimum absolute atomic E-state index is 0.0139. The Morgan fingerprint density at radius 2 is 1.89 bits per heavy atom. The topological polar surface area (TPSA) is 83.5 Å². The molecule has 96 valence electrons. The first-order valence-electron chi connectivity index (χ1n) is 5.87. The lowest BCUT2D eigenvalue weighted by Crippen LogP contribution is -2.50. The Bertz CT molecular complexity index is 629. The quantitative estimate of drug-likeness (QED) is 0.696. The SMILES string of the molecule is O=C1Nc2c(O)cccc2S(=O)(=O)C12CCCC2. The molecule has 1 aliphatic carbocycles. The Morgan fingerprint density at radius 3 is 2.56 bits per heavy atom. The molecule has 18 heavy (non-hydrogen) atoms. The molecular formula is C12H13NO4S. The molecule has 0 unspecified atom stereocenters. The second-order valence-electron chi connectivity index (χ2n) is 4.81. The smallest absolute Gasteiger partial charge is 0.246 e. The molecule has 1 saturated carbocycles. The monoisotopic (exact) mass is 267 g/mol. The van der Waals surface area contributed by atoms with Crippen LogP contribution in [0.25, 0.3) is 0 Å². The van der Waals surface area contributed by atoms with Crippen LogP contribution in [0.4, 0.5) is 5.69 Å². The van der Waals surface area contributed by atoms with Crippen molar-refractivity contribution in [1.82, 2.24) is 0 Å². The van der Waals surface area contributed by atoms with E-state index in [0.717, 1.165) is 12.8 Å². The Hall–Kier alpha value is -1.56. The van der Waals surface area contributed by atoms with E-state index in [0.29, 0.717) is 12.8 Å². The lowest BCUT2D eigenvalue weighted by molar-refractivity contribution is -0.118. The number of carbonyl (C=O) groups excluding carboxylic acids is 1. The molecule has 3 rings (SSSR count). The third-order valence-electron chi connectivity index (χ3n) is 3.87. The van der Waals surface area contributed by atoms with Crippen LogP contribution in [0, 0.1) is 0 Å². The average Bonchev–Trinajstić information content (AvgIpc) is 2.80. The number of hydrogen-bond donors (Lipinski definition) is 2. The summed E-state index contributed by atoms with van der Waals surface area (Å²) in [6.07, 6.45) is 2.19. The molecule has 0 bridgehead atoms. The van der Waals surface area contributed by atoms with E-state index in [1.54, 1.807) is 0 Å². The van der Waals surface area contributed by atoms with Crippen LogP contribution in [-0.2, 0) is 14.6 Å². The van der Waals surface area contributed by atoms with Gasteiger partial charge in [0.1, 0.15) is 11.4 Å². The molecule has 2 aliphatic rings. The highest BCUT2D eigenvalue weighted by Gasteiger charge is 2.56. The summed E-state index contributed by atoms with van der Waals surface area (Å²) in [6.45, 7) is 0. The van der Waals surface area contributed by atoms with Crippen molar-refractivity contribution in [2.45, 2.75) is 35.3 Å². The summed E-state index contributed by atoms with van der Waals surface area (Å²) < 4.78 is 23.9. The highest BCUT2D eigenvalue weighted by Crippen LogP contribution is 2.48. The number of benzene rings is 1. The van der Waals surface area contributed by atoms with Gasteiger partial charge in [0.15, 0.2) is 14.6 Å². The van der Waals surface area contributed by atoms with Crippen LogP contribution in [0.1, 0.15) is 25.7 Å². The molecular weight excluding hydrogens is 254 g/mol. The third kappa shape index (κ3) is 1.21. The summed E-state index contributed by atoms with van der Waals surface area (Å²) in [4.78, 5) is 12.2. The van der Waals surface area contributed by atoms with E-state index >= 15 is 0 Å². The highest BCUT2D eigenvalue weighted by molar-refractivity contribution is 7.94. The summed E-state index contributed by atoms with van der Waals surface area (Å²) in [7, 11) is -3.73. The Kier molecular flexibility index (Phi) is 2.22. The van der Waals surface area contributed by atoms with Crippen LogP contribution >= 0.6 is 0 Å². The lowest BCUT2D eigenvalue weighted by atomic mass is 10.1. The van der Waals surface area contributed by atoms with Gasteiger partial charge >= 0.3 is 0 Å². The number of nitrogens with one attached hydrogen (secondary N) is 1. The Labute approximate surface area is 105 Å². The minimum atomic E-state index is -3.73. The zero-order valence-electron chi connectivity index (χ0n) is 9.64. The van der Waals surface area contributed by atoms with Gasteiger partial charge in [-0.25, -0.2) is 8.42 Å². The molecule has 6 heteroatoms. The molecule has 5 nitrogen and oxygen atoms in total. The van der Waals surface area contributed by atoms with Gasteiger partial charge in [0.25, 0.3) is 0 Å². The maximum Gasteiger partial charge on any atom is 0.246 e. The van der Waals surface area contributed by atoms with E-state index in [-0.39, 0.29) is 16.3 Å². The van der Waals surface area contributed by atoms with E-state index in [9.17, 15) is 18.3 Å². The number of anilines is 1. The van der Waals surface area contributed by atoms with Crippen LogP contribution in [0.3, 0.4) is 0 Å². The number of aromatic hydroxyl groups is 1. The van der Waals surface area contributed by atoms with E-state index < -0.39 is 20.5 Å². The number of phenolic OH excluding ortho intramolecular Hbond substituents is 1. The summed E-state index contributed by atoms with van der Waals surface area (Å²) in [6, 6.07) is 4.27. The molecule has 0 aromatic heterocycles. The molecule has 1 fully saturated rings. The van der Waals surface area contributed by atoms with Gasteiger partial charge < -0.3 is 10.4 Å². The summed E-state index contributed by atoms with van der Waals surface area (Å²) in [5.74, 6) is -0.716. The van der Waals surface area contributed by atoms with Gasteiger partial charge in [-0.05, 0) is 25.0 Å². The van der Waals surface area contributed by atoms with Gasteiger partial charge in [-0.15, -0.1) is 0 Å². The number of rotatable bonds is 0. The number of phenols is 1. The van der Waals surface area contributed by atoms with Gasteiger partial charge in [0, 0.05) is 0 Å². The number of fused-ring (bicyclic) bond motifs is 1. The molecule has 1 spiro atoms. The average molecular weight is 267 g/mol. The zero-order valence-corrected chi connectivity index (χ0v) is 10.5. The normalized spacial score (nSPS) is 23.7. The molecule has 1 aromatic rings. The summed E-state index contributed by atoms with van der Waals surface area (Å²) in [5, 5.41) is 12.2. The van der Waals surface area contributed by atoms with E-state index in [1.165, 1.54) is 18.2 Å². The largest absolute Gasteiger partial charge is 0.506 e. The number of carbonyl (C=O) groups is 1. The number of hydrogen-bond acceptors (Lipinski definition) is 4. The Morgan fingerprint density at radius 1 is 1.22 bits per heavy atom. The molecule has 2 N–H and O–H groups in total. The molecule has 0 atom stereocenters. The van der Waals surface area contributed by atoms with Crippen molar-refractivity contribution < 1.29 is 18.3 Å². The van der Waals surface area contributed by atoms with E-state index in [2.05, 4.69) is 5.32 Å². The molecule has 1 aliphatic heterocycles. The zero-order chi connectivity index (χ0) is 13.0. The van der Waals surface area contributed by atoms with Gasteiger partial charge in [0.05, 0.1) is 4.90 Å². The van der Waals surface area contributed by atoms with Crippen molar-refractivity contribution in [1.29, 1.82) is 0 Å². The van der Waals surface area contributed by atoms with Crippen molar-refractivity contribution in [3.05, 3.63) is 18.2 Å². The van der Waals surface area contributed by atoms with Gasteiger partial charge in [-0.3, -0.25) is 4.79 Å². The summed E-state index contributed by atoms with van der Waals surface area (Å²) in [5.41, 5.74) is 0.0139. The maximum absolute atomic E-state index is 12.6. The molecule has 1 heterocycles. The first kappa shape index (κ1) is 11.5.